The van der Waals surface area contributed by atoms with Gasteiger partial charge in [-0.3, -0.25) is 4.79 Å². The van der Waals surface area contributed by atoms with Crippen molar-refractivity contribution in [2.75, 3.05) is 32.1 Å². The van der Waals surface area contributed by atoms with Crippen LogP contribution in [-0.4, -0.2) is 68.8 Å². The zero-order valence-electron chi connectivity index (χ0n) is 16.7. The second kappa shape index (κ2) is 10.8. The van der Waals surface area contributed by atoms with E-state index >= 15 is 0 Å². The van der Waals surface area contributed by atoms with Gasteiger partial charge in [-0.1, -0.05) is 30.3 Å². The zero-order chi connectivity index (χ0) is 21.3. The molecule has 1 aliphatic heterocycles. The number of likely N-dealkylation sites (N-methyl/N-ethyl adjacent to an activating group) is 1. The quantitative estimate of drug-likeness (QED) is 0.518. The molecule has 1 unspecified atom stereocenters. The summed E-state index contributed by atoms with van der Waals surface area (Å²) in [6.45, 7) is 1.49. The molecule has 1 amide bonds. The highest BCUT2D eigenvalue weighted by Gasteiger charge is 2.25. The maximum Gasteiger partial charge on any atom is 0.251 e. The Hall–Kier alpha value is -2.88. The summed E-state index contributed by atoms with van der Waals surface area (Å²) in [5.74, 6) is 0.408. The van der Waals surface area contributed by atoms with Gasteiger partial charge in [-0.2, -0.15) is 0 Å². The number of benzene rings is 1. The Labute approximate surface area is 179 Å². The van der Waals surface area contributed by atoms with Crippen LogP contribution in [0.25, 0.3) is 22.0 Å². The predicted octanol–water partition coefficient (Wildman–Crippen LogP) is 2.27. The maximum atomic E-state index is 10.6. The third-order valence-electron chi connectivity index (χ3n) is 4.46. The molecular weight excluding hydrogens is 402 g/mol. The van der Waals surface area contributed by atoms with Gasteiger partial charge in [-0.15, -0.1) is 11.3 Å². The molecule has 0 aliphatic carbocycles. The topological polar surface area (TPSA) is 111 Å². The van der Waals surface area contributed by atoms with Crippen LogP contribution in [0.2, 0.25) is 0 Å². The minimum atomic E-state index is -0.722. The Morgan fingerprint density at radius 3 is 2.63 bits per heavy atom. The number of anilines is 1. The Kier molecular flexibility index (Phi) is 7.83. The monoisotopic (exact) mass is 427 g/mol. The van der Waals surface area contributed by atoms with Gasteiger partial charge in [0.25, 0.3) is 5.91 Å². The zero-order valence-corrected chi connectivity index (χ0v) is 17.5. The molecule has 4 rings (SSSR count). The first-order valence-electron chi connectivity index (χ1n) is 9.70. The van der Waals surface area contributed by atoms with Crippen molar-refractivity contribution in [3.63, 3.8) is 0 Å². The Bertz CT molecular complexity index is 939. The average molecular weight is 428 g/mol. The molecule has 0 radical (unpaired) electrons. The number of thiazole rings is 1. The third kappa shape index (κ3) is 5.82. The lowest BCUT2D eigenvalue weighted by molar-refractivity contribution is -0.133. The summed E-state index contributed by atoms with van der Waals surface area (Å²) in [5.41, 5.74) is 2.74. The molecule has 8 nitrogen and oxygen atoms in total. The highest BCUT2D eigenvalue weighted by atomic mass is 32.1. The van der Waals surface area contributed by atoms with Crippen LogP contribution in [0.3, 0.4) is 0 Å². The SMILES string of the molecule is CN1CCC(O)C1=O.OCCCNc1nccc(-c2csc(-c3ccccc3)n2)n1. The van der Waals surface area contributed by atoms with Gasteiger partial charge in [-0.05, 0) is 18.9 Å². The molecule has 2 aromatic heterocycles. The molecule has 1 fully saturated rings. The van der Waals surface area contributed by atoms with Gasteiger partial charge in [0, 0.05) is 43.9 Å². The van der Waals surface area contributed by atoms with E-state index in [4.69, 9.17) is 10.2 Å². The van der Waals surface area contributed by atoms with E-state index in [0.717, 1.165) is 22.0 Å². The Morgan fingerprint density at radius 2 is 2.00 bits per heavy atom. The van der Waals surface area contributed by atoms with Crippen LogP contribution < -0.4 is 5.32 Å². The number of carbonyl (C=O) groups excluding carboxylic acids is 1. The lowest BCUT2D eigenvalue weighted by atomic mass is 10.2. The van der Waals surface area contributed by atoms with Gasteiger partial charge >= 0.3 is 0 Å². The van der Waals surface area contributed by atoms with E-state index < -0.39 is 6.10 Å². The van der Waals surface area contributed by atoms with Crippen molar-refractivity contribution >= 4 is 23.2 Å². The Balaban J connectivity index is 0.000000269. The van der Waals surface area contributed by atoms with Crippen LogP contribution in [0.5, 0.6) is 0 Å². The maximum absolute atomic E-state index is 10.6. The van der Waals surface area contributed by atoms with Crippen LogP contribution in [0, 0.1) is 0 Å². The molecule has 158 valence electrons. The minimum Gasteiger partial charge on any atom is -0.396 e. The number of nitrogens with one attached hydrogen (secondary N) is 1. The molecule has 3 heterocycles. The number of nitrogens with zero attached hydrogens (tertiary/aromatic N) is 4. The summed E-state index contributed by atoms with van der Waals surface area (Å²) in [6, 6.07) is 11.9. The molecule has 30 heavy (non-hydrogen) atoms. The van der Waals surface area contributed by atoms with Crippen molar-refractivity contribution in [3.8, 4) is 22.0 Å². The van der Waals surface area contributed by atoms with E-state index in [9.17, 15) is 4.79 Å². The van der Waals surface area contributed by atoms with Crippen molar-refractivity contribution in [2.45, 2.75) is 18.9 Å². The number of aliphatic hydroxyl groups excluding tert-OH is 2. The second-order valence-electron chi connectivity index (χ2n) is 6.74. The highest BCUT2D eigenvalue weighted by Crippen LogP contribution is 2.27. The molecule has 1 atom stereocenters. The normalized spacial score (nSPS) is 15.6. The van der Waals surface area contributed by atoms with E-state index in [1.807, 2.05) is 41.8 Å². The Morgan fingerprint density at radius 1 is 1.20 bits per heavy atom. The number of hydrogen-bond acceptors (Lipinski definition) is 8. The summed E-state index contributed by atoms with van der Waals surface area (Å²) >= 11 is 1.60. The van der Waals surface area contributed by atoms with Crippen molar-refractivity contribution in [1.82, 2.24) is 19.9 Å². The number of rotatable bonds is 6. The standard InChI is InChI=1S/C16H16N4OS.C5H9NO2/c21-10-4-8-17-16-18-9-7-13(20-16)14-11-22-15(19-14)12-5-2-1-3-6-12;1-6-3-2-4(7)5(6)8/h1-3,5-7,9,11,21H,4,8,10H2,(H,17,18,20);4,7H,2-3H2,1H3. The summed E-state index contributed by atoms with van der Waals surface area (Å²) < 4.78 is 0. The fraction of sp³-hybridized carbons (Fsp3) is 0.333. The number of aromatic nitrogens is 3. The molecule has 1 aromatic carbocycles. The number of hydrogen-bond donors (Lipinski definition) is 3. The molecule has 0 bridgehead atoms. The molecule has 0 saturated carbocycles. The van der Waals surface area contributed by atoms with Gasteiger partial charge in [0.1, 0.15) is 16.8 Å². The van der Waals surface area contributed by atoms with E-state index in [1.165, 1.54) is 4.90 Å². The van der Waals surface area contributed by atoms with E-state index in [-0.39, 0.29) is 12.5 Å². The highest BCUT2D eigenvalue weighted by molar-refractivity contribution is 7.13. The summed E-state index contributed by atoms with van der Waals surface area (Å²) in [5, 5.41) is 23.6. The van der Waals surface area contributed by atoms with Crippen LogP contribution in [0.4, 0.5) is 5.95 Å². The molecule has 1 aliphatic rings. The number of amides is 1. The fourth-order valence-corrected chi connectivity index (χ4v) is 3.59. The van der Waals surface area contributed by atoms with Crippen LogP contribution in [0.15, 0.2) is 48.0 Å². The van der Waals surface area contributed by atoms with Crippen molar-refractivity contribution in [3.05, 3.63) is 48.0 Å². The third-order valence-corrected chi connectivity index (χ3v) is 5.35. The number of aliphatic hydroxyl groups is 2. The summed E-state index contributed by atoms with van der Waals surface area (Å²) in [7, 11) is 1.69. The number of likely N-dealkylation sites (tertiary alicyclic amines) is 1. The number of carbonyl (C=O) groups is 1. The van der Waals surface area contributed by atoms with Crippen molar-refractivity contribution < 1.29 is 15.0 Å². The average Bonchev–Trinajstić information content (AvgIpc) is 3.39. The molecule has 3 aromatic rings. The van der Waals surface area contributed by atoms with Gasteiger partial charge in [0.05, 0.1) is 5.69 Å². The molecule has 9 heteroatoms. The first-order chi connectivity index (χ1) is 14.6. The first-order valence-corrected chi connectivity index (χ1v) is 10.6. The molecule has 3 N–H and O–H groups in total. The minimum absolute atomic E-state index is 0.148. The van der Waals surface area contributed by atoms with Gasteiger partial charge in [0.15, 0.2) is 0 Å². The van der Waals surface area contributed by atoms with Gasteiger partial charge in [-0.25, -0.2) is 15.0 Å². The van der Waals surface area contributed by atoms with E-state index in [2.05, 4.69) is 20.3 Å². The molecule has 0 spiro atoms. The molecule has 1 saturated heterocycles. The molecular formula is C21H25N5O3S. The second-order valence-corrected chi connectivity index (χ2v) is 7.60. The van der Waals surface area contributed by atoms with Crippen LogP contribution >= 0.6 is 11.3 Å². The fourth-order valence-electron chi connectivity index (χ4n) is 2.77. The van der Waals surface area contributed by atoms with Crippen LogP contribution in [0.1, 0.15) is 12.8 Å². The van der Waals surface area contributed by atoms with Crippen LogP contribution in [-0.2, 0) is 4.79 Å². The first kappa shape index (κ1) is 21.8. The van der Waals surface area contributed by atoms with Gasteiger partial charge in [0.2, 0.25) is 5.95 Å². The van der Waals surface area contributed by atoms with E-state index in [1.54, 1.807) is 24.6 Å². The lowest BCUT2D eigenvalue weighted by Crippen LogP contribution is -2.24. The smallest absolute Gasteiger partial charge is 0.251 e. The lowest BCUT2D eigenvalue weighted by Gasteiger charge is -2.04. The van der Waals surface area contributed by atoms with Crippen molar-refractivity contribution in [2.24, 2.45) is 0 Å². The predicted molar refractivity (Wildman–Crippen MR) is 117 cm³/mol. The van der Waals surface area contributed by atoms with Crippen molar-refractivity contribution in [1.29, 1.82) is 0 Å². The summed E-state index contributed by atoms with van der Waals surface area (Å²) in [6.07, 6.45) is 2.25. The largest absolute Gasteiger partial charge is 0.396 e. The van der Waals surface area contributed by atoms with E-state index in [0.29, 0.717) is 31.9 Å². The summed E-state index contributed by atoms with van der Waals surface area (Å²) in [4.78, 5) is 25.4. The van der Waals surface area contributed by atoms with Gasteiger partial charge < -0.3 is 20.4 Å².